The lowest BCUT2D eigenvalue weighted by Crippen LogP contribution is -2.41. The highest BCUT2D eigenvalue weighted by atomic mass is 32.2. The predicted molar refractivity (Wildman–Crippen MR) is 71.4 cm³/mol. The molecule has 102 valence electrons. The van der Waals surface area contributed by atoms with E-state index in [0.29, 0.717) is 12.3 Å². The maximum Gasteiger partial charge on any atom is 0.211 e. The number of hydrogen-bond acceptors (Lipinski definition) is 3. The molecule has 0 radical (unpaired) electrons. The van der Waals surface area contributed by atoms with Crippen LogP contribution in [-0.4, -0.2) is 45.2 Å². The van der Waals surface area contributed by atoms with Gasteiger partial charge in [-0.2, -0.15) is 0 Å². The summed E-state index contributed by atoms with van der Waals surface area (Å²) in [4.78, 5) is 2.17. The monoisotopic (exact) mass is 262 g/mol. The third-order valence-electron chi connectivity index (χ3n) is 3.25. The Morgan fingerprint density at radius 1 is 1.29 bits per heavy atom. The second kappa shape index (κ2) is 5.24. The highest BCUT2D eigenvalue weighted by molar-refractivity contribution is 7.89. The first-order valence-corrected chi connectivity index (χ1v) is 7.93. The predicted octanol–water partition coefficient (Wildman–Crippen LogP) is 1.29. The molecule has 1 saturated heterocycles. The molecule has 0 bridgehead atoms. The van der Waals surface area contributed by atoms with E-state index in [0.717, 1.165) is 13.1 Å². The summed E-state index contributed by atoms with van der Waals surface area (Å²) in [6.07, 6.45) is 0.694. The molecule has 0 aromatic heterocycles. The molecule has 2 atom stereocenters. The second-order valence-corrected chi connectivity index (χ2v) is 8.43. The van der Waals surface area contributed by atoms with Gasteiger partial charge in [-0.3, -0.25) is 0 Å². The van der Waals surface area contributed by atoms with E-state index in [1.165, 1.54) is 0 Å². The van der Waals surface area contributed by atoms with Crippen LogP contribution >= 0.6 is 0 Å². The van der Waals surface area contributed by atoms with Crippen LogP contribution in [0.4, 0.5) is 0 Å². The first kappa shape index (κ1) is 14.9. The van der Waals surface area contributed by atoms with Crippen LogP contribution in [0, 0.1) is 11.3 Å². The van der Waals surface area contributed by atoms with E-state index in [9.17, 15) is 8.42 Å². The molecule has 0 spiro atoms. The molecule has 0 aliphatic carbocycles. The van der Waals surface area contributed by atoms with Gasteiger partial charge in [0.25, 0.3) is 0 Å². The van der Waals surface area contributed by atoms with Gasteiger partial charge in [0.05, 0.1) is 5.75 Å². The number of nitrogens with one attached hydrogen (secondary N) is 1. The van der Waals surface area contributed by atoms with Crippen molar-refractivity contribution in [3.05, 3.63) is 0 Å². The molecule has 1 rings (SSSR count). The van der Waals surface area contributed by atoms with E-state index < -0.39 is 10.0 Å². The van der Waals surface area contributed by atoms with E-state index in [1.807, 2.05) is 7.05 Å². The molecule has 0 saturated carbocycles. The van der Waals surface area contributed by atoms with Crippen LogP contribution in [0.25, 0.3) is 0 Å². The Morgan fingerprint density at radius 2 is 1.88 bits per heavy atom. The fourth-order valence-electron chi connectivity index (χ4n) is 2.09. The zero-order valence-electron chi connectivity index (χ0n) is 11.7. The molecular formula is C12H26N2O2S. The minimum atomic E-state index is -3.13. The summed E-state index contributed by atoms with van der Waals surface area (Å²) in [5.41, 5.74) is 0.0623. The molecule has 1 aliphatic rings. The SMILES string of the molecule is CC1CN(C)CC1NS(=O)(=O)CCC(C)(C)C. The van der Waals surface area contributed by atoms with Crippen LogP contribution in [0.3, 0.4) is 0 Å². The topological polar surface area (TPSA) is 49.4 Å². The number of likely N-dealkylation sites (tertiary alicyclic amines) is 1. The highest BCUT2D eigenvalue weighted by Crippen LogP contribution is 2.20. The van der Waals surface area contributed by atoms with E-state index in [1.54, 1.807) is 0 Å². The Morgan fingerprint density at radius 3 is 2.29 bits per heavy atom. The van der Waals surface area contributed by atoms with Crippen molar-refractivity contribution in [3.8, 4) is 0 Å². The Bertz CT molecular complexity index is 346. The van der Waals surface area contributed by atoms with Crippen LogP contribution < -0.4 is 4.72 Å². The summed E-state index contributed by atoms with van der Waals surface area (Å²) in [7, 11) is -1.10. The normalized spacial score (nSPS) is 27.6. The number of hydrogen-bond donors (Lipinski definition) is 1. The zero-order chi connectivity index (χ0) is 13.3. The number of nitrogens with zero attached hydrogens (tertiary/aromatic N) is 1. The summed E-state index contributed by atoms with van der Waals surface area (Å²) in [5, 5.41) is 0. The Hall–Kier alpha value is -0.130. The second-order valence-electron chi connectivity index (χ2n) is 6.55. The van der Waals surface area contributed by atoms with Gasteiger partial charge in [0.15, 0.2) is 0 Å². The van der Waals surface area contributed by atoms with E-state index >= 15 is 0 Å². The standard InChI is InChI=1S/C12H26N2O2S/c1-10-8-14(5)9-11(10)13-17(15,16)7-6-12(2,3)4/h10-11,13H,6-9H2,1-5H3. The Labute approximate surface area is 106 Å². The smallest absolute Gasteiger partial charge is 0.211 e. The minimum Gasteiger partial charge on any atom is -0.304 e. The molecule has 0 aromatic rings. The third kappa shape index (κ3) is 5.36. The average Bonchev–Trinajstić information content (AvgIpc) is 2.40. The van der Waals surface area contributed by atoms with Gasteiger partial charge in [-0.15, -0.1) is 0 Å². The van der Waals surface area contributed by atoms with Gasteiger partial charge in [-0.25, -0.2) is 13.1 Å². The van der Waals surface area contributed by atoms with E-state index in [4.69, 9.17) is 0 Å². The quantitative estimate of drug-likeness (QED) is 0.830. The summed E-state index contributed by atoms with van der Waals surface area (Å²) in [6, 6.07) is 0.0740. The molecule has 4 nitrogen and oxygen atoms in total. The summed E-state index contributed by atoms with van der Waals surface area (Å²) in [6.45, 7) is 10.1. The third-order valence-corrected chi connectivity index (χ3v) is 4.65. The fourth-order valence-corrected chi connectivity index (χ4v) is 3.86. The Kier molecular flexibility index (Phi) is 4.60. The number of rotatable bonds is 4. The van der Waals surface area contributed by atoms with Gasteiger partial charge in [-0.05, 0) is 24.8 Å². The maximum absolute atomic E-state index is 12.0. The molecule has 1 N–H and O–H groups in total. The van der Waals surface area contributed by atoms with Gasteiger partial charge in [0.2, 0.25) is 10.0 Å². The van der Waals surface area contributed by atoms with Crippen LogP contribution in [0.2, 0.25) is 0 Å². The maximum atomic E-state index is 12.0. The summed E-state index contributed by atoms with van der Waals surface area (Å²) < 4.78 is 26.8. The largest absolute Gasteiger partial charge is 0.304 e. The van der Waals surface area contributed by atoms with Gasteiger partial charge in [-0.1, -0.05) is 27.7 Å². The van der Waals surface area contributed by atoms with Crippen molar-refractivity contribution >= 4 is 10.0 Å². The molecule has 1 heterocycles. The van der Waals surface area contributed by atoms with Gasteiger partial charge in [0, 0.05) is 19.1 Å². The minimum absolute atomic E-state index is 0.0623. The van der Waals surface area contributed by atoms with Crippen molar-refractivity contribution in [2.24, 2.45) is 11.3 Å². The van der Waals surface area contributed by atoms with Crippen molar-refractivity contribution in [1.29, 1.82) is 0 Å². The fraction of sp³-hybridized carbons (Fsp3) is 1.00. The van der Waals surface area contributed by atoms with Gasteiger partial charge >= 0.3 is 0 Å². The zero-order valence-corrected chi connectivity index (χ0v) is 12.5. The molecule has 17 heavy (non-hydrogen) atoms. The van der Waals surface area contributed by atoms with E-state index in [-0.39, 0.29) is 17.2 Å². The van der Waals surface area contributed by atoms with Crippen molar-refractivity contribution in [2.75, 3.05) is 25.9 Å². The van der Waals surface area contributed by atoms with Crippen LogP contribution in [0.1, 0.15) is 34.1 Å². The van der Waals surface area contributed by atoms with E-state index in [2.05, 4.69) is 37.3 Å². The molecule has 2 unspecified atom stereocenters. The van der Waals surface area contributed by atoms with Gasteiger partial charge in [0.1, 0.15) is 0 Å². The molecular weight excluding hydrogens is 236 g/mol. The van der Waals surface area contributed by atoms with Crippen molar-refractivity contribution in [1.82, 2.24) is 9.62 Å². The number of likely N-dealkylation sites (N-methyl/N-ethyl adjacent to an activating group) is 1. The first-order chi connectivity index (χ1) is 7.59. The van der Waals surface area contributed by atoms with Crippen molar-refractivity contribution < 1.29 is 8.42 Å². The lowest BCUT2D eigenvalue weighted by molar-refractivity contribution is 0.393. The molecule has 5 heteroatoms. The lowest BCUT2D eigenvalue weighted by atomic mass is 9.94. The molecule has 1 aliphatic heterocycles. The van der Waals surface area contributed by atoms with Crippen LogP contribution in [-0.2, 0) is 10.0 Å². The average molecular weight is 262 g/mol. The first-order valence-electron chi connectivity index (χ1n) is 6.28. The highest BCUT2D eigenvalue weighted by Gasteiger charge is 2.30. The molecule has 1 fully saturated rings. The lowest BCUT2D eigenvalue weighted by Gasteiger charge is -2.20. The summed E-state index contributed by atoms with van der Waals surface area (Å²) >= 11 is 0. The van der Waals surface area contributed by atoms with Crippen molar-refractivity contribution in [2.45, 2.75) is 40.2 Å². The summed E-state index contributed by atoms with van der Waals surface area (Å²) in [5.74, 6) is 0.619. The van der Waals surface area contributed by atoms with Gasteiger partial charge < -0.3 is 4.90 Å². The number of sulfonamides is 1. The Balaban J connectivity index is 2.50. The van der Waals surface area contributed by atoms with Crippen LogP contribution in [0.15, 0.2) is 0 Å². The van der Waals surface area contributed by atoms with Crippen molar-refractivity contribution in [3.63, 3.8) is 0 Å². The molecule has 0 aromatic carbocycles. The van der Waals surface area contributed by atoms with Crippen LogP contribution in [0.5, 0.6) is 0 Å². The molecule has 0 amide bonds.